The van der Waals surface area contributed by atoms with Crippen molar-refractivity contribution in [2.24, 2.45) is 5.92 Å². The number of nitrogens with one attached hydrogen (secondary N) is 1. The Labute approximate surface area is 180 Å². The standard InChI is InChI=1S/C21H26ClFN6O/c1-13-7-9-28(20-18(23)19(24)25-12-26-20)11-17(13)29-8-3-6-16(21(29)30)27-15-5-2-4-14(22)10-15/h2,4-5,10,12-13,16-17,27H,3,6-9,11H2,1H3,(H2,24,25,26). The minimum atomic E-state index is -0.601. The number of amides is 1. The van der Waals surface area contributed by atoms with Crippen molar-refractivity contribution in [3.8, 4) is 0 Å². The van der Waals surface area contributed by atoms with Crippen LogP contribution >= 0.6 is 11.6 Å². The van der Waals surface area contributed by atoms with Gasteiger partial charge in [-0.1, -0.05) is 24.6 Å². The van der Waals surface area contributed by atoms with Crippen molar-refractivity contribution < 1.29 is 9.18 Å². The normalized spacial score (nSPS) is 24.8. The van der Waals surface area contributed by atoms with Crippen molar-refractivity contribution in [1.82, 2.24) is 14.9 Å². The van der Waals surface area contributed by atoms with Gasteiger partial charge in [-0.3, -0.25) is 4.79 Å². The van der Waals surface area contributed by atoms with E-state index >= 15 is 0 Å². The fraction of sp³-hybridized carbons (Fsp3) is 0.476. The molecule has 0 aliphatic carbocycles. The predicted octanol–water partition coefficient (Wildman–Crippen LogP) is 3.17. The number of aromatic nitrogens is 2. The first kappa shape index (κ1) is 20.7. The fourth-order valence-corrected chi connectivity index (χ4v) is 4.57. The second-order valence-electron chi connectivity index (χ2n) is 8.06. The molecule has 1 aromatic carbocycles. The lowest BCUT2D eigenvalue weighted by molar-refractivity contribution is -0.138. The number of rotatable bonds is 4. The third-order valence-electron chi connectivity index (χ3n) is 6.06. The van der Waals surface area contributed by atoms with Gasteiger partial charge in [0.1, 0.15) is 12.4 Å². The number of nitrogens with zero attached hydrogens (tertiary/aromatic N) is 4. The van der Waals surface area contributed by atoms with Crippen molar-refractivity contribution in [2.45, 2.75) is 38.3 Å². The molecule has 2 aliphatic heterocycles. The second kappa shape index (κ2) is 8.63. The van der Waals surface area contributed by atoms with Gasteiger partial charge in [-0.05, 0) is 43.4 Å². The smallest absolute Gasteiger partial charge is 0.245 e. The molecule has 0 spiro atoms. The van der Waals surface area contributed by atoms with Crippen LogP contribution in [0.5, 0.6) is 0 Å². The highest BCUT2D eigenvalue weighted by molar-refractivity contribution is 6.30. The van der Waals surface area contributed by atoms with Crippen molar-refractivity contribution in [3.05, 3.63) is 41.4 Å². The number of piperidine rings is 2. The maximum atomic E-state index is 14.5. The molecule has 4 rings (SSSR count). The summed E-state index contributed by atoms with van der Waals surface area (Å²) in [6.45, 7) is 4.03. The third-order valence-corrected chi connectivity index (χ3v) is 6.29. The number of halogens is 2. The molecule has 2 saturated heterocycles. The monoisotopic (exact) mass is 432 g/mol. The van der Waals surface area contributed by atoms with Gasteiger partial charge >= 0.3 is 0 Å². The third kappa shape index (κ3) is 4.14. The van der Waals surface area contributed by atoms with Crippen molar-refractivity contribution >= 4 is 34.8 Å². The van der Waals surface area contributed by atoms with E-state index in [1.807, 2.05) is 28.0 Å². The minimum absolute atomic E-state index is 0.0224. The van der Waals surface area contributed by atoms with E-state index in [0.29, 0.717) is 30.6 Å². The molecule has 2 fully saturated rings. The minimum Gasteiger partial charge on any atom is -0.381 e. The summed E-state index contributed by atoms with van der Waals surface area (Å²) in [5.74, 6) is -0.177. The Hall–Kier alpha value is -2.61. The largest absolute Gasteiger partial charge is 0.381 e. The second-order valence-corrected chi connectivity index (χ2v) is 8.49. The summed E-state index contributed by atoms with van der Waals surface area (Å²) < 4.78 is 14.5. The number of hydrogen-bond acceptors (Lipinski definition) is 6. The molecule has 0 bridgehead atoms. The molecule has 2 aliphatic rings. The molecule has 3 N–H and O–H groups in total. The first-order valence-corrected chi connectivity index (χ1v) is 10.7. The first-order chi connectivity index (χ1) is 14.4. The lowest BCUT2D eigenvalue weighted by Crippen LogP contribution is -2.59. The highest BCUT2D eigenvalue weighted by atomic mass is 35.5. The van der Waals surface area contributed by atoms with Gasteiger partial charge < -0.3 is 20.9 Å². The summed E-state index contributed by atoms with van der Waals surface area (Å²) in [5.41, 5.74) is 6.45. The van der Waals surface area contributed by atoms with Crippen LogP contribution in [0.4, 0.5) is 21.7 Å². The molecule has 7 nitrogen and oxygen atoms in total. The molecular formula is C21H26ClFN6O. The zero-order valence-corrected chi connectivity index (χ0v) is 17.6. The molecule has 0 radical (unpaired) electrons. The molecule has 1 aromatic heterocycles. The van der Waals surface area contributed by atoms with Gasteiger partial charge in [-0.25, -0.2) is 9.97 Å². The summed E-state index contributed by atoms with van der Waals surface area (Å²) in [5, 5.41) is 3.96. The van der Waals surface area contributed by atoms with Crippen LogP contribution in [0.2, 0.25) is 5.02 Å². The molecular weight excluding hydrogens is 407 g/mol. The zero-order chi connectivity index (χ0) is 21.3. The van der Waals surface area contributed by atoms with Gasteiger partial charge in [0.2, 0.25) is 11.7 Å². The van der Waals surface area contributed by atoms with Crippen LogP contribution < -0.4 is 16.0 Å². The lowest BCUT2D eigenvalue weighted by atomic mass is 9.89. The van der Waals surface area contributed by atoms with Crippen molar-refractivity contribution in [1.29, 1.82) is 0 Å². The van der Waals surface area contributed by atoms with E-state index in [9.17, 15) is 9.18 Å². The lowest BCUT2D eigenvalue weighted by Gasteiger charge is -2.46. The number of nitrogen functional groups attached to an aromatic ring is 1. The number of anilines is 3. The number of hydrogen-bond donors (Lipinski definition) is 2. The quantitative estimate of drug-likeness (QED) is 0.771. The Balaban J connectivity index is 1.51. The van der Waals surface area contributed by atoms with Crippen molar-refractivity contribution in [3.63, 3.8) is 0 Å². The van der Waals surface area contributed by atoms with E-state index < -0.39 is 5.82 Å². The van der Waals surface area contributed by atoms with Gasteiger partial charge in [0, 0.05) is 30.3 Å². The number of likely N-dealkylation sites (tertiary alicyclic amines) is 1. The van der Waals surface area contributed by atoms with Crippen LogP contribution in [0.15, 0.2) is 30.6 Å². The Morgan fingerprint density at radius 2 is 2.10 bits per heavy atom. The maximum Gasteiger partial charge on any atom is 0.245 e. The molecule has 3 heterocycles. The van der Waals surface area contributed by atoms with E-state index in [4.69, 9.17) is 17.3 Å². The van der Waals surface area contributed by atoms with Gasteiger partial charge in [-0.2, -0.15) is 4.39 Å². The average molecular weight is 433 g/mol. The van der Waals surface area contributed by atoms with Crippen LogP contribution in [0.25, 0.3) is 0 Å². The number of carbonyl (C=O) groups is 1. The van der Waals surface area contributed by atoms with Crippen LogP contribution in [0.1, 0.15) is 26.2 Å². The summed E-state index contributed by atoms with van der Waals surface area (Å²) in [6, 6.07) is 7.07. The molecule has 0 saturated carbocycles. The van der Waals surface area contributed by atoms with Crippen LogP contribution in [0, 0.1) is 11.7 Å². The molecule has 2 aromatic rings. The number of nitrogens with two attached hydrogens (primary N) is 1. The average Bonchev–Trinajstić information content (AvgIpc) is 2.72. The van der Waals surface area contributed by atoms with Gasteiger partial charge in [0.05, 0.1) is 6.04 Å². The van der Waals surface area contributed by atoms with E-state index in [-0.39, 0.29) is 29.6 Å². The van der Waals surface area contributed by atoms with Crippen LogP contribution in [0.3, 0.4) is 0 Å². The zero-order valence-electron chi connectivity index (χ0n) is 16.9. The predicted molar refractivity (Wildman–Crippen MR) is 116 cm³/mol. The molecule has 160 valence electrons. The summed E-state index contributed by atoms with van der Waals surface area (Å²) in [4.78, 5) is 24.9. The van der Waals surface area contributed by atoms with Crippen LogP contribution in [-0.2, 0) is 4.79 Å². The number of carbonyl (C=O) groups excluding carboxylic acids is 1. The molecule has 3 atom stereocenters. The summed E-state index contributed by atoms with van der Waals surface area (Å²) in [7, 11) is 0. The number of benzene rings is 1. The topological polar surface area (TPSA) is 87.4 Å². The summed E-state index contributed by atoms with van der Waals surface area (Å²) >= 11 is 6.08. The molecule has 1 amide bonds. The summed E-state index contributed by atoms with van der Waals surface area (Å²) in [6.07, 6.45) is 3.79. The van der Waals surface area contributed by atoms with Gasteiger partial charge in [-0.15, -0.1) is 0 Å². The Morgan fingerprint density at radius 1 is 1.27 bits per heavy atom. The van der Waals surface area contributed by atoms with Gasteiger partial charge in [0.25, 0.3) is 0 Å². The SMILES string of the molecule is CC1CCN(c2ncnc(N)c2F)CC1N1CCCC(Nc2cccc(Cl)c2)C1=O. The fourth-order valence-electron chi connectivity index (χ4n) is 4.38. The Morgan fingerprint density at radius 3 is 2.90 bits per heavy atom. The van der Waals surface area contributed by atoms with E-state index in [1.165, 1.54) is 6.33 Å². The highest BCUT2D eigenvalue weighted by Gasteiger charge is 2.39. The van der Waals surface area contributed by atoms with Crippen molar-refractivity contribution in [2.75, 3.05) is 35.6 Å². The van der Waals surface area contributed by atoms with Crippen LogP contribution in [-0.4, -0.2) is 52.5 Å². The Kier molecular flexibility index (Phi) is 5.94. The van der Waals surface area contributed by atoms with E-state index in [1.54, 1.807) is 6.07 Å². The van der Waals surface area contributed by atoms with Gasteiger partial charge in [0.15, 0.2) is 11.6 Å². The van der Waals surface area contributed by atoms with E-state index in [2.05, 4.69) is 22.2 Å². The maximum absolute atomic E-state index is 14.5. The van der Waals surface area contributed by atoms with E-state index in [0.717, 1.165) is 24.9 Å². The first-order valence-electron chi connectivity index (χ1n) is 10.3. The highest BCUT2D eigenvalue weighted by Crippen LogP contribution is 2.30. The molecule has 3 unspecified atom stereocenters. The Bertz CT molecular complexity index is 928. The molecule has 30 heavy (non-hydrogen) atoms. The molecule has 9 heteroatoms.